The third-order valence-corrected chi connectivity index (χ3v) is 3.96. The summed E-state index contributed by atoms with van der Waals surface area (Å²) >= 11 is 0. The number of ketones is 2. The van der Waals surface area contributed by atoms with E-state index in [2.05, 4.69) is 0 Å². The number of hydrogen-bond acceptors (Lipinski definition) is 2. The van der Waals surface area contributed by atoms with Gasteiger partial charge in [0.2, 0.25) is 0 Å². The van der Waals surface area contributed by atoms with Crippen molar-refractivity contribution in [3.63, 3.8) is 0 Å². The third kappa shape index (κ3) is 4.39. The molecule has 0 spiro atoms. The second-order valence-electron chi connectivity index (χ2n) is 5.85. The molecule has 0 saturated carbocycles. The summed E-state index contributed by atoms with van der Waals surface area (Å²) in [6, 6.07) is 20.1. The van der Waals surface area contributed by atoms with Gasteiger partial charge in [0.1, 0.15) is 11.6 Å². The average Bonchev–Trinajstić information content (AvgIpc) is 2.52. The predicted molar refractivity (Wildman–Crippen MR) is 89.0 cm³/mol. The maximum atomic E-state index is 11.8. The first-order valence-electron chi connectivity index (χ1n) is 7.66. The van der Waals surface area contributed by atoms with Gasteiger partial charge in [0.05, 0.1) is 0 Å². The van der Waals surface area contributed by atoms with Crippen LogP contribution in [0.15, 0.2) is 60.7 Å². The third-order valence-electron chi connectivity index (χ3n) is 3.96. The fraction of sp³-hybridized carbons (Fsp3) is 0.300. The van der Waals surface area contributed by atoms with Crippen molar-refractivity contribution in [2.24, 2.45) is 0 Å². The van der Waals surface area contributed by atoms with Crippen molar-refractivity contribution in [3.05, 3.63) is 71.8 Å². The standard InChI is InChI=1S/C20H22O2/c1-15(21)13-19(17-9-5-3-6-10-17)20(14-16(2)22)18-11-7-4-8-12-18/h3-12,19-20H,13-14H2,1-2H3/t19-,20-/m1/s1. The van der Waals surface area contributed by atoms with E-state index in [4.69, 9.17) is 0 Å². The lowest BCUT2D eigenvalue weighted by Gasteiger charge is -2.27. The molecule has 0 aliphatic heterocycles. The highest BCUT2D eigenvalue weighted by Gasteiger charge is 2.27. The summed E-state index contributed by atoms with van der Waals surface area (Å²) in [5.74, 6) is 0.367. The van der Waals surface area contributed by atoms with Gasteiger partial charge >= 0.3 is 0 Å². The van der Waals surface area contributed by atoms with Crippen LogP contribution in [0, 0.1) is 0 Å². The highest BCUT2D eigenvalue weighted by Crippen LogP contribution is 2.38. The number of benzene rings is 2. The van der Waals surface area contributed by atoms with Crippen molar-refractivity contribution < 1.29 is 9.59 Å². The van der Waals surface area contributed by atoms with E-state index in [1.807, 2.05) is 60.7 Å². The van der Waals surface area contributed by atoms with Crippen LogP contribution in [-0.2, 0) is 9.59 Å². The lowest BCUT2D eigenvalue weighted by atomic mass is 9.76. The van der Waals surface area contributed by atoms with Gasteiger partial charge in [0.15, 0.2) is 0 Å². The summed E-state index contributed by atoms with van der Waals surface area (Å²) in [5, 5.41) is 0. The molecule has 0 saturated heterocycles. The van der Waals surface area contributed by atoms with Gasteiger partial charge in [0.25, 0.3) is 0 Å². The molecule has 2 atom stereocenters. The van der Waals surface area contributed by atoms with E-state index >= 15 is 0 Å². The lowest BCUT2D eigenvalue weighted by molar-refractivity contribution is -0.119. The molecule has 0 amide bonds. The van der Waals surface area contributed by atoms with Gasteiger partial charge in [-0.1, -0.05) is 60.7 Å². The molecule has 0 bridgehead atoms. The normalized spacial score (nSPS) is 13.4. The van der Waals surface area contributed by atoms with Crippen LogP contribution in [0.3, 0.4) is 0 Å². The average molecular weight is 294 g/mol. The first kappa shape index (κ1) is 16.2. The largest absolute Gasteiger partial charge is 0.300 e. The number of carbonyl (C=O) groups is 2. The fourth-order valence-corrected chi connectivity index (χ4v) is 3.00. The Kier molecular flexibility index (Phi) is 5.65. The molecule has 0 radical (unpaired) electrons. The summed E-state index contributed by atoms with van der Waals surface area (Å²) in [7, 11) is 0. The maximum Gasteiger partial charge on any atom is 0.130 e. The molecule has 0 aliphatic rings. The first-order chi connectivity index (χ1) is 10.6. The minimum absolute atomic E-state index is 0.0324. The van der Waals surface area contributed by atoms with E-state index in [0.29, 0.717) is 12.8 Å². The van der Waals surface area contributed by atoms with E-state index in [1.54, 1.807) is 13.8 Å². The molecule has 2 aromatic carbocycles. The highest BCUT2D eigenvalue weighted by molar-refractivity contribution is 5.78. The van der Waals surface area contributed by atoms with Gasteiger partial charge in [0, 0.05) is 12.8 Å². The van der Waals surface area contributed by atoms with Gasteiger partial charge in [-0.3, -0.25) is 0 Å². The molecule has 0 unspecified atom stereocenters. The first-order valence-corrected chi connectivity index (χ1v) is 7.66. The van der Waals surface area contributed by atoms with Gasteiger partial charge in [-0.15, -0.1) is 0 Å². The molecule has 0 fully saturated rings. The molecule has 0 N–H and O–H groups in total. The Labute approximate surface area is 132 Å². The molecule has 2 rings (SSSR count). The number of rotatable bonds is 7. The summed E-state index contributed by atoms with van der Waals surface area (Å²) < 4.78 is 0. The molecule has 2 aromatic rings. The molecule has 2 heteroatoms. The zero-order valence-corrected chi connectivity index (χ0v) is 13.2. The van der Waals surface area contributed by atoms with E-state index in [0.717, 1.165) is 11.1 Å². The van der Waals surface area contributed by atoms with Crippen LogP contribution >= 0.6 is 0 Å². The van der Waals surface area contributed by atoms with Crippen LogP contribution in [0.2, 0.25) is 0 Å². The topological polar surface area (TPSA) is 34.1 Å². The van der Waals surface area contributed by atoms with Gasteiger partial charge in [-0.2, -0.15) is 0 Å². The summed E-state index contributed by atoms with van der Waals surface area (Å²) in [4.78, 5) is 23.5. The number of hydrogen-bond donors (Lipinski definition) is 0. The molecule has 0 aliphatic carbocycles. The van der Waals surface area contributed by atoms with Crippen molar-refractivity contribution in [3.8, 4) is 0 Å². The molecular weight excluding hydrogens is 272 g/mol. The van der Waals surface area contributed by atoms with Gasteiger partial charge in [-0.25, -0.2) is 0 Å². The molecular formula is C20H22O2. The van der Waals surface area contributed by atoms with Crippen LogP contribution in [-0.4, -0.2) is 11.6 Å². The number of Topliss-reactive ketones (excluding diaryl/α,β-unsaturated/α-hetero) is 2. The second kappa shape index (κ2) is 7.69. The van der Waals surface area contributed by atoms with Crippen molar-refractivity contribution in [2.75, 3.05) is 0 Å². The Morgan fingerprint density at radius 1 is 0.682 bits per heavy atom. The van der Waals surface area contributed by atoms with Crippen molar-refractivity contribution in [1.82, 2.24) is 0 Å². The molecule has 2 nitrogen and oxygen atoms in total. The van der Waals surface area contributed by atoms with E-state index in [1.165, 1.54) is 0 Å². The summed E-state index contributed by atoms with van der Waals surface area (Å²) in [6.07, 6.45) is 0.910. The van der Waals surface area contributed by atoms with Crippen LogP contribution in [0.5, 0.6) is 0 Å². The zero-order chi connectivity index (χ0) is 15.9. The van der Waals surface area contributed by atoms with E-state index in [9.17, 15) is 9.59 Å². The van der Waals surface area contributed by atoms with Crippen LogP contribution in [0.4, 0.5) is 0 Å². The van der Waals surface area contributed by atoms with Crippen molar-refractivity contribution in [1.29, 1.82) is 0 Å². The molecule has 22 heavy (non-hydrogen) atoms. The smallest absolute Gasteiger partial charge is 0.130 e. The van der Waals surface area contributed by atoms with Crippen LogP contribution in [0.25, 0.3) is 0 Å². The summed E-state index contributed by atoms with van der Waals surface area (Å²) in [6.45, 7) is 3.23. The quantitative estimate of drug-likeness (QED) is 0.752. The van der Waals surface area contributed by atoms with Crippen LogP contribution < -0.4 is 0 Å². The fourth-order valence-electron chi connectivity index (χ4n) is 3.00. The minimum atomic E-state index is 0.0324. The Morgan fingerprint density at radius 2 is 1.00 bits per heavy atom. The monoisotopic (exact) mass is 294 g/mol. The highest BCUT2D eigenvalue weighted by atomic mass is 16.1. The summed E-state index contributed by atoms with van der Waals surface area (Å²) in [5.41, 5.74) is 2.24. The minimum Gasteiger partial charge on any atom is -0.300 e. The van der Waals surface area contributed by atoms with Crippen LogP contribution in [0.1, 0.15) is 49.7 Å². The Bertz CT molecular complexity index is 559. The van der Waals surface area contributed by atoms with Gasteiger partial charge in [-0.05, 0) is 36.8 Å². The SMILES string of the molecule is CC(=O)C[C@H](c1ccccc1)[C@H](CC(C)=O)c1ccccc1. The van der Waals surface area contributed by atoms with Crippen molar-refractivity contribution >= 4 is 11.6 Å². The zero-order valence-electron chi connectivity index (χ0n) is 13.2. The Balaban J connectivity index is 2.43. The number of carbonyl (C=O) groups excluding carboxylic acids is 2. The molecule has 0 aromatic heterocycles. The molecule has 114 valence electrons. The maximum absolute atomic E-state index is 11.8. The Hall–Kier alpha value is -2.22. The second-order valence-corrected chi connectivity index (χ2v) is 5.85. The lowest BCUT2D eigenvalue weighted by Crippen LogP contribution is -2.17. The van der Waals surface area contributed by atoms with Crippen molar-refractivity contribution in [2.45, 2.75) is 38.5 Å². The van der Waals surface area contributed by atoms with E-state index < -0.39 is 0 Å². The van der Waals surface area contributed by atoms with Gasteiger partial charge < -0.3 is 9.59 Å². The van der Waals surface area contributed by atoms with E-state index in [-0.39, 0.29) is 23.4 Å². The predicted octanol–water partition coefficient (Wildman–Crippen LogP) is 4.51. The Morgan fingerprint density at radius 3 is 1.27 bits per heavy atom. The molecule has 0 heterocycles.